The van der Waals surface area contributed by atoms with Crippen LogP contribution in [-0.2, 0) is 0 Å². The molecular weight excluding hydrogens is 256 g/mol. The standard InChI is InChI=1S/C14H12N4O2/c1-8-13(9-4-2-3-5-10(9)17-8)18-14(20)11-6-16-12(19)7-15-11/h2-7,17H,1H3,(H,16,19)(H,18,20). The monoisotopic (exact) mass is 268 g/mol. The lowest BCUT2D eigenvalue weighted by Gasteiger charge is -2.04. The van der Waals surface area contributed by atoms with Crippen LogP contribution in [0.4, 0.5) is 5.69 Å². The molecule has 0 saturated carbocycles. The van der Waals surface area contributed by atoms with Gasteiger partial charge in [-0.25, -0.2) is 4.98 Å². The van der Waals surface area contributed by atoms with Gasteiger partial charge >= 0.3 is 0 Å². The third-order valence-corrected chi connectivity index (χ3v) is 3.04. The molecular formula is C14H12N4O2. The summed E-state index contributed by atoms with van der Waals surface area (Å²) in [5, 5.41) is 3.75. The Morgan fingerprint density at radius 2 is 2.10 bits per heavy atom. The van der Waals surface area contributed by atoms with Gasteiger partial charge < -0.3 is 15.3 Å². The van der Waals surface area contributed by atoms with Crippen LogP contribution in [0.15, 0.2) is 41.5 Å². The molecule has 0 aliphatic rings. The first-order chi connectivity index (χ1) is 9.65. The maximum atomic E-state index is 12.1. The summed E-state index contributed by atoms with van der Waals surface area (Å²) in [7, 11) is 0. The molecule has 0 radical (unpaired) electrons. The van der Waals surface area contributed by atoms with E-state index in [1.165, 1.54) is 6.20 Å². The van der Waals surface area contributed by atoms with Gasteiger partial charge in [0.2, 0.25) is 0 Å². The number of nitrogens with one attached hydrogen (secondary N) is 3. The summed E-state index contributed by atoms with van der Waals surface area (Å²) in [6.07, 6.45) is 2.37. The van der Waals surface area contributed by atoms with E-state index in [1.54, 1.807) is 0 Å². The summed E-state index contributed by atoms with van der Waals surface area (Å²) in [5.74, 6) is -0.367. The van der Waals surface area contributed by atoms with Crippen molar-refractivity contribution in [3.05, 3.63) is 58.4 Å². The van der Waals surface area contributed by atoms with Crippen LogP contribution in [0.3, 0.4) is 0 Å². The highest BCUT2D eigenvalue weighted by Crippen LogP contribution is 2.27. The lowest BCUT2D eigenvalue weighted by Crippen LogP contribution is -2.17. The van der Waals surface area contributed by atoms with Crippen LogP contribution in [-0.4, -0.2) is 20.9 Å². The average Bonchev–Trinajstić information content (AvgIpc) is 2.76. The van der Waals surface area contributed by atoms with E-state index in [2.05, 4.69) is 20.3 Å². The van der Waals surface area contributed by atoms with Crippen LogP contribution in [0.5, 0.6) is 0 Å². The predicted octanol–water partition coefficient (Wildman–Crippen LogP) is 1.81. The molecule has 1 amide bonds. The highest BCUT2D eigenvalue weighted by molar-refractivity contribution is 6.08. The topological polar surface area (TPSA) is 90.6 Å². The number of rotatable bonds is 2. The van der Waals surface area contributed by atoms with Gasteiger partial charge in [0.1, 0.15) is 5.69 Å². The molecule has 0 aliphatic heterocycles. The number of nitrogens with zero attached hydrogens (tertiary/aromatic N) is 1. The number of carbonyl (C=O) groups is 1. The summed E-state index contributed by atoms with van der Waals surface area (Å²) in [6.45, 7) is 1.88. The molecule has 0 spiro atoms. The van der Waals surface area contributed by atoms with E-state index in [9.17, 15) is 9.59 Å². The average molecular weight is 268 g/mol. The second-order valence-electron chi connectivity index (χ2n) is 4.42. The molecule has 6 heteroatoms. The van der Waals surface area contributed by atoms with Crippen LogP contribution < -0.4 is 10.9 Å². The molecule has 3 N–H and O–H groups in total. The van der Waals surface area contributed by atoms with Gasteiger partial charge in [0.15, 0.2) is 0 Å². The predicted molar refractivity (Wildman–Crippen MR) is 75.8 cm³/mol. The summed E-state index contributed by atoms with van der Waals surface area (Å²) in [4.78, 5) is 32.5. The van der Waals surface area contributed by atoms with Gasteiger partial charge in [0, 0.05) is 22.8 Å². The Hall–Kier alpha value is -2.89. The molecule has 20 heavy (non-hydrogen) atoms. The molecule has 0 atom stereocenters. The lowest BCUT2D eigenvalue weighted by molar-refractivity contribution is 0.102. The van der Waals surface area contributed by atoms with E-state index < -0.39 is 0 Å². The van der Waals surface area contributed by atoms with Gasteiger partial charge in [-0.2, -0.15) is 0 Å². The Balaban J connectivity index is 1.97. The Morgan fingerprint density at radius 1 is 1.30 bits per heavy atom. The molecule has 0 unspecified atom stereocenters. The van der Waals surface area contributed by atoms with Gasteiger partial charge in [0.25, 0.3) is 11.5 Å². The van der Waals surface area contributed by atoms with Crippen LogP contribution >= 0.6 is 0 Å². The number of hydrogen-bond donors (Lipinski definition) is 3. The number of para-hydroxylation sites is 1. The molecule has 0 bridgehead atoms. The minimum atomic E-state index is -0.367. The summed E-state index contributed by atoms with van der Waals surface area (Å²) in [6, 6.07) is 7.70. The number of hydrogen-bond acceptors (Lipinski definition) is 3. The van der Waals surface area contributed by atoms with Gasteiger partial charge in [-0.1, -0.05) is 18.2 Å². The third kappa shape index (κ3) is 2.07. The molecule has 0 saturated heterocycles. The minimum absolute atomic E-state index is 0.161. The molecule has 6 nitrogen and oxygen atoms in total. The van der Waals surface area contributed by atoms with Crippen molar-refractivity contribution in [1.29, 1.82) is 0 Å². The number of anilines is 1. The van der Waals surface area contributed by atoms with E-state index in [0.29, 0.717) is 0 Å². The largest absolute Gasteiger partial charge is 0.357 e. The van der Waals surface area contributed by atoms with Gasteiger partial charge in [0.05, 0.1) is 11.9 Å². The number of benzene rings is 1. The van der Waals surface area contributed by atoms with Gasteiger partial charge in [-0.3, -0.25) is 9.59 Å². The summed E-state index contributed by atoms with van der Waals surface area (Å²) in [5.41, 5.74) is 2.36. The molecule has 1 aromatic carbocycles. The third-order valence-electron chi connectivity index (χ3n) is 3.04. The first kappa shape index (κ1) is 12.2. The number of aryl methyl sites for hydroxylation is 1. The van der Waals surface area contributed by atoms with Crippen molar-refractivity contribution >= 4 is 22.5 Å². The second-order valence-corrected chi connectivity index (χ2v) is 4.42. The smallest absolute Gasteiger partial charge is 0.275 e. The van der Waals surface area contributed by atoms with Gasteiger partial charge in [-0.05, 0) is 13.0 Å². The van der Waals surface area contributed by atoms with E-state index in [1.807, 2.05) is 31.2 Å². The van der Waals surface area contributed by atoms with Gasteiger partial charge in [-0.15, -0.1) is 0 Å². The lowest BCUT2D eigenvalue weighted by atomic mass is 10.2. The number of carbonyl (C=O) groups excluding carboxylic acids is 1. The maximum Gasteiger partial charge on any atom is 0.275 e. The van der Waals surface area contributed by atoms with Crippen molar-refractivity contribution in [2.75, 3.05) is 5.32 Å². The first-order valence-corrected chi connectivity index (χ1v) is 6.08. The van der Waals surface area contributed by atoms with Crippen LogP contribution in [0.25, 0.3) is 10.9 Å². The number of aromatic amines is 2. The van der Waals surface area contributed by atoms with Crippen molar-refractivity contribution < 1.29 is 4.79 Å². The molecule has 2 aromatic heterocycles. The normalized spacial score (nSPS) is 10.7. The highest BCUT2D eigenvalue weighted by atomic mass is 16.2. The van der Waals surface area contributed by atoms with E-state index in [0.717, 1.165) is 28.5 Å². The molecule has 0 aliphatic carbocycles. The van der Waals surface area contributed by atoms with Crippen molar-refractivity contribution in [2.24, 2.45) is 0 Å². The SMILES string of the molecule is Cc1[nH]c2ccccc2c1NC(=O)c1c[nH]c(=O)cn1. The van der Waals surface area contributed by atoms with Crippen molar-refractivity contribution in [3.8, 4) is 0 Å². The number of H-pyrrole nitrogens is 2. The zero-order valence-corrected chi connectivity index (χ0v) is 10.7. The highest BCUT2D eigenvalue weighted by Gasteiger charge is 2.13. The number of fused-ring (bicyclic) bond motifs is 1. The van der Waals surface area contributed by atoms with E-state index >= 15 is 0 Å². The summed E-state index contributed by atoms with van der Waals surface area (Å²) >= 11 is 0. The van der Waals surface area contributed by atoms with Crippen LogP contribution in [0.2, 0.25) is 0 Å². The second kappa shape index (κ2) is 4.65. The van der Waals surface area contributed by atoms with Crippen molar-refractivity contribution in [3.63, 3.8) is 0 Å². The van der Waals surface area contributed by atoms with Crippen LogP contribution in [0, 0.1) is 6.92 Å². The fourth-order valence-electron chi connectivity index (χ4n) is 2.08. The molecule has 3 aromatic rings. The maximum absolute atomic E-state index is 12.1. The van der Waals surface area contributed by atoms with Crippen LogP contribution in [0.1, 0.15) is 16.2 Å². The minimum Gasteiger partial charge on any atom is -0.357 e. The first-order valence-electron chi connectivity index (χ1n) is 6.08. The quantitative estimate of drug-likeness (QED) is 0.662. The van der Waals surface area contributed by atoms with Crippen molar-refractivity contribution in [1.82, 2.24) is 15.0 Å². The fourth-order valence-corrected chi connectivity index (χ4v) is 2.08. The Kier molecular flexibility index (Phi) is 2.83. The molecule has 100 valence electrons. The molecule has 0 fully saturated rings. The molecule has 2 heterocycles. The van der Waals surface area contributed by atoms with E-state index in [4.69, 9.17) is 0 Å². The fraction of sp³-hybridized carbons (Fsp3) is 0.0714. The zero-order valence-electron chi connectivity index (χ0n) is 10.7. The van der Waals surface area contributed by atoms with E-state index in [-0.39, 0.29) is 17.2 Å². The zero-order chi connectivity index (χ0) is 14.1. The van der Waals surface area contributed by atoms with Crippen molar-refractivity contribution in [2.45, 2.75) is 6.92 Å². The summed E-state index contributed by atoms with van der Waals surface area (Å²) < 4.78 is 0. The Bertz CT molecular complexity index is 827. The molecule has 3 rings (SSSR count). The number of amides is 1. The Morgan fingerprint density at radius 3 is 2.85 bits per heavy atom. The number of aromatic nitrogens is 3. The Labute approximate surface area is 113 Å².